The minimum absolute atomic E-state index is 0.508. The van der Waals surface area contributed by atoms with Crippen LogP contribution in [0.5, 0.6) is 0 Å². The van der Waals surface area contributed by atoms with E-state index in [9.17, 15) is 0 Å². The second-order valence-corrected chi connectivity index (χ2v) is 4.38. The molecule has 1 aliphatic heterocycles. The summed E-state index contributed by atoms with van der Waals surface area (Å²) in [5.74, 6) is 1.73. The second-order valence-electron chi connectivity index (χ2n) is 4.38. The first-order chi connectivity index (χ1) is 7.18. The molecule has 0 aliphatic carbocycles. The van der Waals surface area contributed by atoms with Crippen molar-refractivity contribution in [3.63, 3.8) is 0 Å². The molecule has 2 rings (SSSR count). The summed E-state index contributed by atoms with van der Waals surface area (Å²) in [6.45, 7) is 8.47. The summed E-state index contributed by atoms with van der Waals surface area (Å²) < 4.78 is 0. The fraction of sp³-hybridized carbons (Fsp3) is 0.462. The zero-order valence-corrected chi connectivity index (χ0v) is 9.70. The van der Waals surface area contributed by atoms with Crippen LogP contribution in [0.1, 0.15) is 19.4 Å². The summed E-state index contributed by atoms with van der Waals surface area (Å²) in [5.41, 5.74) is 2.58. The van der Waals surface area contributed by atoms with Crippen LogP contribution in [0, 0.1) is 12.8 Å². The smallest absolute Gasteiger partial charge is 0.106 e. The molecule has 0 N–H and O–H groups in total. The Morgan fingerprint density at radius 2 is 1.87 bits per heavy atom. The van der Waals surface area contributed by atoms with E-state index in [-0.39, 0.29) is 0 Å². The molecule has 15 heavy (non-hydrogen) atoms. The van der Waals surface area contributed by atoms with Gasteiger partial charge in [-0.15, -0.1) is 0 Å². The number of rotatable bonds is 2. The Morgan fingerprint density at radius 1 is 1.20 bits per heavy atom. The van der Waals surface area contributed by atoms with Crippen molar-refractivity contribution in [3.8, 4) is 0 Å². The zero-order chi connectivity index (χ0) is 10.8. The summed E-state index contributed by atoms with van der Waals surface area (Å²) >= 11 is 0. The number of hydrogen-bond donors (Lipinski definition) is 0. The van der Waals surface area contributed by atoms with Crippen LogP contribution in [0.2, 0.25) is 0 Å². The van der Waals surface area contributed by atoms with Crippen LogP contribution in [0.3, 0.4) is 0 Å². The Bertz CT molecular complexity index is 363. The maximum Gasteiger partial charge on any atom is 0.106 e. The first-order valence-corrected chi connectivity index (χ1v) is 5.57. The van der Waals surface area contributed by atoms with E-state index in [0.29, 0.717) is 5.92 Å². The molecule has 0 spiro atoms. The van der Waals surface area contributed by atoms with E-state index in [1.165, 1.54) is 17.1 Å². The molecule has 0 bridgehead atoms. The van der Waals surface area contributed by atoms with Crippen molar-refractivity contribution in [2.75, 3.05) is 18.0 Å². The molecule has 0 radical (unpaired) electrons. The topological polar surface area (TPSA) is 15.6 Å². The van der Waals surface area contributed by atoms with E-state index in [1.807, 2.05) is 0 Å². The molecule has 0 saturated carbocycles. The summed E-state index contributed by atoms with van der Waals surface area (Å²) in [4.78, 5) is 6.88. The lowest BCUT2D eigenvalue weighted by Crippen LogP contribution is -2.30. The molecular formula is C13H18N2. The van der Waals surface area contributed by atoms with Crippen molar-refractivity contribution < 1.29 is 0 Å². The van der Waals surface area contributed by atoms with E-state index in [1.54, 1.807) is 0 Å². The number of benzene rings is 1. The van der Waals surface area contributed by atoms with Gasteiger partial charge in [0.1, 0.15) is 5.84 Å². The molecule has 80 valence electrons. The molecule has 1 aromatic carbocycles. The van der Waals surface area contributed by atoms with Gasteiger partial charge >= 0.3 is 0 Å². The third-order valence-electron chi connectivity index (χ3n) is 2.74. The Labute approximate surface area is 91.6 Å². The number of nitrogens with zero attached hydrogens (tertiary/aromatic N) is 2. The van der Waals surface area contributed by atoms with Crippen molar-refractivity contribution >= 4 is 11.5 Å². The third-order valence-corrected chi connectivity index (χ3v) is 2.74. The molecule has 1 heterocycles. The largest absolute Gasteiger partial charge is 0.328 e. The Hall–Kier alpha value is -1.31. The van der Waals surface area contributed by atoms with Crippen LogP contribution in [0.25, 0.3) is 0 Å². The van der Waals surface area contributed by atoms with Gasteiger partial charge in [-0.25, -0.2) is 0 Å². The maximum atomic E-state index is 4.56. The van der Waals surface area contributed by atoms with Gasteiger partial charge < -0.3 is 4.90 Å². The highest BCUT2D eigenvalue weighted by Crippen LogP contribution is 2.21. The van der Waals surface area contributed by atoms with Gasteiger partial charge in [-0.2, -0.15) is 0 Å². The number of aryl methyl sites for hydroxylation is 1. The lowest BCUT2D eigenvalue weighted by atomic mass is 10.1. The van der Waals surface area contributed by atoms with Crippen LogP contribution in [0.4, 0.5) is 5.69 Å². The van der Waals surface area contributed by atoms with Gasteiger partial charge in [0, 0.05) is 18.2 Å². The van der Waals surface area contributed by atoms with Gasteiger partial charge in [0.25, 0.3) is 0 Å². The molecule has 0 saturated heterocycles. The number of aliphatic imine (C=N–C) groups is 1. The normalized spacial score (nSPS) is 16.0. The van der Waals surface area contributed by atoms with E-state index in [4.69, 9.17) is 0 Å². The SMILES string of the molecule is Cc1ccc(N2CCN=C2C(C)C)cc1. The Morgan fingerprint density at radius 3 is 2.47 bits per heavy atom. The lowest BCUT2D eigenvalue weighted by Gasteiger charge is -2.22. The molecule has 2 nitrogen and oxygen atoms in total. The third kappa shape index (κ3) is 2.04. The van der Waals surface area contributed by atoms with Gasteiger partial charge in [-0.05, 0) is 19.1 Å². The molecular weight excluding hydrogens is 184 g/mol. The molecule has 0 atom stereocenters. The number of hydrogen-bond acceptors (Lipinski definition) is 2. The van der Waals surface area contributed by atoms with Crippen molar-refractivity contribution in [1.82, 2.24) is 0 Å². The van der Waals surface area contributed by atoms with Gasteiger partial charge in [0.15, 0.2) is 0 Å². The Kier molecular flexibility index (Phi) is 2.76. The van der Waals surface area contributed by atoms with Crippen LogP contribution in [-0.2, 0) is 0 Å². The van der Waals surface area contributed by atoms with Crippen LogP contribution >= 0.6 is 0 Å². The average molecular weight is 202 g/mol. The van der Waals surface area contributed by atoms with Crippen molar-refractivity contribution in [2.24, 2.45) is 10.9 Å². The van der Waals surface area contributed by atoms with Gasteiger partial charge in [-0.1, -0.05) is 31.5 Å². The van der Waals surface area contributed by atoms with E-state index >= 15 is 0 Å². The first-order valence-electron chi connectivity index (χ1n) is 5.57. The van der Waals surface area contributed by atoms with E-state index in [0.717, 1.165) is 13.1 Å². The molecule has 1 aromatic rings. The van der Waals surface area contributed by atoms with Crippen LogP contribution in [0.15, 0.2) is 29.3 Å². The van der Waals surface area contributed by atoms with Crippen molar-refractivity contribution in [2.45, 2.75) is 20.8 Å². The van der Waals surface area contributed by atoms with E-state index < -0.39 is 0 Å². The fourth-order valence-corrected chi connectivity index (χ4v) is 1.94. The quantitative estimate of drug-likeness (QED) is 0.720. The van der Waals surface area contributed by atoms with Crippen LogP contribution < -0.4 is 4.90 Å². The van der Waals surface area contributed by atoms with Gasteiger partial charge in [0.05, 0.1) is 6.54 Å². The summed E-state index contributed by atoms with van der Waals surface area (Å²) in [5, 5.41) is 0. The standard InChI is InChI=1S/C13H18N2/c1-10(2)13-14-8-9-15(13)12-6-4-11(3)5-7-12/h4-7,10H,8-9H2,1-3H3. The monoisotopic (exact) mass is 202 g/mol. The first kappa shape index (κ1) is 10.2. The van der Waals surface area contributed by atoms with E-state index in [2.05, 4.69) is 54.9 Å². The molecule has 0 unspecified atom stereocenters. The molecule has 1 aliphatic rings. The van der Waals surface area contributed by atoms with Gasteiger partial charge in [0.2, 0.25) is 0 Å². The maximum absolute atomic E-state index is 4.56. The fourth-order valence-electron chi connectivity index (χ4n) is 1.94. The molecule has 0 aromatic heterocycles. The number of amidine groups is 1. The van der Waals surface area contributed by atoms with Gasteiger partial charge in [-0.3, -0.25) is 4.99 Å². The Balaban J connectivity index is 2.24. The zero-order valence-electron chi connectivity index (χ0n) is 9.70. The molecule has 0 fully saturated rings. The minimum atomic E-state index is 0.508. The predicted molar refractivity (Wildman–Crippen MR) is 65.7 cm³/mol. The van der Waals surface area contributed by atoms with Crippen molar-refractivity contribution in [1.29, 1.82) is 0 Å². The highest BCUT2D eigenvalue weighted by Gasteiger charge is 2.20. The summed E-state index contributed by atoms with van der Waals surface area (Å²) in [6, 6.07) is 8.67. The second kappa shape index (κ2) is 4.05. The summed E-state index contributed by atoms with van der Waals surface area (Å²) in [6.07, 6.45) is 0. The van der Waals surface area contributed by atoms with Crippen LogP contribution in [-0.4, -0.2) is 18.9 Å². The average Bonchev–Trinajstić information content (AvgIpc) is 2.67. The lowest BCUT2D eigenvalue weighted by molar-refractivity contribution is 0.864. The molecule has 0 amide bonds. The predicted octanol–water partition coefficient (Wildman–Crippen LogP) is 2.87. The van der Waals surface area contributed by atoms with Crippen molar-refractivity contribution in [3.05, 3.63) is 29.8 Å². The summed E-state index contributed by atoms with van der Waals surface area (Å²) in [7, 11) is 0. The minimum Gasteiger partial charge on any atom is -0.328 e. The highest BCUT2D eigenvalue weighted by atomic mass is 15.2. The highest BCUT2D eigenvalue weighted by molar-refractivity contribution is 6.00. The molecule has 2 heteroatoms. The number of anilines is 1.